The van der Waals surface area contributed by atoms with Gasteiger partial charge < -0.3 is 0 Å². The zero-order valence-electron chi connectivity index (χ0n) is 6.11. The van der Waals surface area contributed by atoms with E-state index < -0.39 is 0 Å². The van der Waals surface area contributed by atoms with Crippen LogP contribution in [0.1, 0.15) is 12.0 Å². The topological polar surface area (TPSA) is 0 Å². The molecule has 0 unspecified atom stereocenters. The van der Waals surface area contributed by atoms with Gasteiger partial charge in [-0.05, 0) is 46.5 Å². The summed E-state index contributed by atoms with van der Waals surface area (Å²) in [7, 11) is 0. The molecule has 0 atom stereocenters. The van der Waals surface area contributed by atoms with E-state index in [4.69, 9.17) is 0 Å². The molecule has 0 nitrogen and oxygen atoms in total. The van der Waals surface area contributed by atoms with Crippen molar-refractivity contribution in [3.05, 3.63) is 41.0 Å². The van der Waals surface area contributed by atoms with Crippen molar-refractivity contribution in [1.82, 2.24) is 0 Å². The first-order valence-corrected chi connectivity index (χ1v) is 4.26. The lowest BCUT2D eigenvalue weighted by Gasteiger charge is -1.99. The maximum Gasteiger partial charge on any atom is 0.137 e. The molecule has 0 amide bonds. The number of aryl methyl sites for hydroxylation is 1. The molecule has 0 heterocycles. The van der Waals surface area contributed by atoms with Gasteiger partial charge in [0.2, 0.25) is 0 Å². The number of halogens is 2. The van der Waals surface area contributed by atoms with Gasteiger partial charge in [0.1, 0.15) is 5.82 Å². The van der Waals surface area contributed by atoms with E-state index in [0.717, 1.165) is 18.4 Å². The molecule has 2 heteroatoms. The van der Waals surface area contributed by atoms with Gasteiger partial charge in [0.05, 0.1) is 4.47 Å². The van der Waals surface area contributed by atoms with Crippen molar-refractivity contribution in [3.8, 4) is 0 Å². The Hall–Kier alpha value is -0.370. The predicted molar refractivity (Wildman–Crippen MR) is 47.8 cm³/mol. The third-order valence-corrected chi connectivity index (χ3v) is 2.09. The van der Waals surface area contributed by atoms with E-state index in [0.29, 0.717) is 4.47 Å². The smallest absolute Gasteiger partial charge is 0.137 e. The molecule has 0 aliphatic heterocycles. The number of hydrogen-bond donors (Lipinski definition) is 0. The monoisotopic (exact) mass is 215 g/mol. The second kappa shape index (κ2) is 3.86. The third-order valence-electron chi connectivity index (χ3n) is 1.45. The average Bonchev–Trinajstić information content (AvgIpc) is 1.98. The lowest BCUT2D eigenvalue weighted by molar-refractivity contribution is 0.618. The van der Waals surface area contributed by atoms with Crippen LogP contribution in [0, 0.1) is 12.7 Å². The zero-order chi connectivity index (χ0) is 8.27. The van der Waals surface area contributed by atoms with E-state index in [1.165, 1.54) is 6.07 Å². The van der Waals surface area contributed by atoms with Crippen molar-refractivity contribution in [2.45, 2.75) is 12.8 Å². The van der Waals surface area contributed by atoms with Crippen LogP contribution in [0.3, 0.4) is 0 Å². The summed E-state index contributed by atoms with van der Waals surface area (Å²) in [6.07, 6.45) is 1.64. The van der Waals surface area contributed by atoms with Crippen LogP contribution in [0.2, 0.25) is 0 Å². The lowest BCUT2D eigenvalue weighted by Crippen LogP contribution is -1.85. The minimum atomic E-state index is -0.198. The maximum absolute atomic E-state index is 12.8. The molecule has 1 aromatic carbocycles. The molecular weight excluding hydrogens is 207 g/mol. The first kappa shape index (κ1) is 8.72. The van der Waals surface area contributed by atoms with E-state index >= 15 is 0 Å². The Labute approximate surface area is 74.6 Å². The Morgan fingerprint density at radius 1 is 1.45 bits per heavy atom. The molecule has 0 N–H and O–H groups in total. The molecule has 1 radical (unpaired) electrons. The fraction of sp³-hybridized carbons (Fsp3) is 0.222. The van der Waals surface area contributed by atoms with Gasteiger partial charge in [0.15, 0.2) is 0 Å². The molecule has 0 spiro atoms. The van der Waals surface area contributed by atoms with Crippen LogP contribution in [0.15, 0.2) is 22.7 Å². The van der Waals surface area contributed by atoms with Crippen LogP contribution in [0.4, 0.5) is 4.39 Å². The van der Waals surface area contributed by atoms with Crippen LogP contribution in [0.5, 0.6) is 0 Å². The summed E-state index contributed by atoms with van der Waals surface area (Å²) in [6, 6.07) is 5.16. The molecule has 1 aromatic rings. The minimum Gasteiger partial charge on any atom is -0.206 e. The lowest BCUT2D eigenvalue weighted by atomic mass is 10.1. The quantitative estimate of drug-likeness (QED) is 0.711. The Balaban J connectivity index is 2.86. The first-order chi connectivity index (χ1) is 5.24. The Bertz CT molecular complexity index is 245. The highest BCUT2D eigenvalue weighted by atomic mass is 79.9. The van der Waals surface area contributed by atoms with Crippen molar-refractivity contribution in [2.75, 3.05) is 0 Å². The molecule has 59 valence electrons. The number of benzene rings is 1. The van der Waals surface area contributed by atoms with Gasteiger partial charge in [-0.3, -0.25) is 0 Å². The standard InChI is InChI=1S/C9H9BrF/c1-2-3-7-4-5-8(10)9(11)6-7/h4-6H,1-3H2. The van der Waals surface area contributed by atoms with Crippen LogP contribution >= 0.6 is 15.9 Å². The minimum absolute atomic E-state index is 0.198. The van der Waals surface area contributed by atoms with E-state index in [1.807, 2.05) is 6.07 Å². The summed E-state index contributed by atoms with van der Waals surface area (Å²) in [5.41, 5.74) is 1.00. The summed E-state index contributed by atoms with van der Waals surface area (Å²) < 4.78 is 13.4. The van der Waals surface area contributed by atoms with E-state index in [1.54, 1.807) is 6.07 Å². The molecule has 0 aromatic heterocycles. The summed E-state index contributed by atoms with van der Waals surface area (Å²) in [5.74, 6) is -0.198. The van der Waals surface area contributed by atoms with Crippen LogP contribution < -0.4 is 0 Å². The molecule has 0 saturated heterocycles. The molecule has 0 saturated carbocycles. The highest BCUT2D eigenvalue weighted by molar-refractivity contribution is 9.10. The van der Waals surface area contributed by atoms with Crippen LogP contribution in [0.25, 0.3) is 0 Å². The van der Waals surface area contributed by atoms with Crippen molar-refractivity contribution in [3.63, 3.8) is 0 Å². The normalized spacial score (nSPS) is 10.1. The Kier molecular flexibility index (Phi) is 3.06. The second-order valence-corrected chi connectivity index (χ2v) is 3.21. The Morgan fingerprint density at radius 3 is 2.73 bits per heavy atom. The van der Waals surface area contributed by atoms with Gasteiger partial charge in [-0.2, -0.15) is 0 Å². The number of hydrogen-bond acceptors (Lipinski definition) is 0. The van der Waals surface area contributed by atoms with E-state index in [2.05, 4.69) is 22.9 Å². The Morgan fingerprint density at radius 2 is 2.18 bits per heavy atom. The predicted octanol–water partition coefficient (Wildman–Crippen LogP) is 3.35. The van der Waals surface area contributed by atoms with Crippen molar-refractivity contribution < 1.29 is 4.39 Å². The molecule has 11 heavy (non-hydrogen) atoms. The van der Waals surface area contributed by atoms with Gasteiger partial charge in [-0.25, -0.2) is 4.39 Å². The highest BCUT2D eigenvalue weighted by Gasteiger charge is 1.98. The van der Waals surface area contributed by atoms with Crippen LogP contribution in [-0.4, -0.2) is 0 Å². The molecule has 0 fully saturated rings. The third kappa shape index (κ3) is 2.29. The van der Waals surface area contributed by atoms with E-state index in [-0.39, 0.29) is 5.82 Å². The summed E-state index contributed by atoms with van der Waals surface area (Å²) in [6.45, 7) is 3.70. The van der Waals surface area contributed by atoms with Gasteiger partial charge in [-0.15, -0.1) is 0 Å². The van der Waals surface area contributed by atoms with Gasteiger partial charge in [-0.1, -0.05) is 13.0 Å². The molecular formula is C9H9BrF. The van der Waals surface area contributed by atoms with Gasteiger partial charge in [0, 0.05) is 0 Å². The van der Waals surface area contributed by atoms with Gasteiger partial charge in [0.25, 0.3) is 0 Å². The average molecular weight is 216 g/mol. The van der Waals surface area contributed by atoms with Crippen molar-refractivity contribution in [1.29, 1.82) is 0 Å². The fourth-order valence-electron chi connectivity index (χ4n) is 0.899. The van der Waals surface area contributed by atoms with Crippen LogP contribution in [-0.2, 0) is 6.42 Å². The van der Waals surface area contributed by atoms with Gasteiger partial charge >= 0.3 is 0 Å². The summed E-state index contributed by atoms with van der Waals surface area (Å²) in [5, 5.41) is 0. The molecule has 0 bridgehead atoms. The van der Waals surface area contributed by atoms with E-state index in [9.17, 15) is 4.39 Å². The largest absolute Gasteiger partial charge is 0.206 e. The molecule has 0 aliphatic rings. The SMILES string of the molecule is [CH2]CCc1ccc(Br)c(F)c1. The number of rotatable bonds is 2. The summed E-state index contributed by atoms with van der Waals surface area (Å²) in [4.78, 5) is 0. The molecule has 1 rings (SSSR count). The fourth-order valence-corrected chi connectivity index (χ4v) is 1.15. The van der Waals surface area contributed by atoms with Crippen molar-refractivity contribution in [2.24, 2.45) is 0 Å². The highest BCUT2D eigenvalue weighted by Crippen LogP contribution is 2.16. The maximum atomic E-state index is 12.8. The molecule has 0 aliphatic carbocycles. The van der Waals surface area contributed by atoms with Crippen molar-refractivity contribution >= 4 is 15.9 Å². The second-order valence-electron chi connectivity index (χ2n) is 2.35. The first-order valence-electron chi connectivity index (χ1n) is 3.47. The zero-order valence-corrected chi connectivity index (χ0v) is 7.70. The summed E-state index contributed by atoms with van der Waals surface area (Å²) >= 11 is 3.09.